The molecule has 2 N–H and O–H groups in total. The average molecular weight is 260 g/mol. The molecule has 102 valence electrons. The molecule has 4 nitrogen and oxygen atoms in total. The fourth-order valence-corrected chi connectivity index (χ4v) is 2.20. The number of hydrogen-bond acceptors (Lipinski definition) is 4. The molecular formula is C15H20N2O2. The minimum absolute atomic E-state index is 0.279. The topological polar surface area (TPSA) is 67.5 Å². The number of nitriles is 1. The number of aliphatic hydroxyl groups is 2. The molecule has 2 atom stereocenters. The molecule has 1 aromatic carbocycles. The second-order valence-corrected chi connectivity index (χ2v) is 5.38. The predicted molar refractivity (Wildman–Crippen MR) is 72.3 cm³/mol. The monoisotopic (exact) mass is 260 g/mol. The third kappa shape index (κ3) is 4.03. The first kappa shape index (κ1) is 14.0. The molecule has 1 aromatic rings. The van der Waals surface area contributed by atoms with Crippen molar-refractivity contribution in [3.05, 3.63) is 35.4 Å². The lowest BCUT2D eigenvalue weighted by Gasteiger charge is -2.23. The van der Waals surface area contributed by atoms with Crippen LogP contribution in [-0.4, -0.2) is 41.4 Å². The van der Waals surface area contributed by atoms with Gasteiger partial charge in [0.15, 0.2) is 0 Å². The molecule has 1 aliphatic carbocycles. The molecule has 0 aromatic heterocycles. The van der Waals surface area contributed by atoms with Gasteiger partial charge in [-0.05, 0) is 43.5 Å². The van der Waals surface area contributed by atoms with Gasteiger partial charge in [0.2, 0.25) is 0 Å². The summed E-state index contributed by atoms with van der Waals surface area (Å²) in [6.07, 6.45) is 1.36. The molecule has 0 amide bonds. The van der Waals surface area contributed by atoms with Crippen molar-refractivity contribution in [3.8, 4) is 6.07 Å². The van der Waals surface area contributed by atoms with E-state index in [9.17, 15) is 10.2 Å². The third-order valence-electron chi connectivity index (χ3n) is 3.57. The van der Waals surface area contributed by atoms with Crippen molar-refractivity contribution < 1.29 is 10.2 Å². The van der Waals surface area contributed by atoms with Gasteiger partial charge in [0.05, 0.1) is 23.8 Å². The van der Waals surface area contributed by atoms with Crippen LogP contribution in [-0.2, 0) is 0 Å². The van der Waals surface area contributed by atoms with Crippen LogP contribution in [0.25, 0.3) is 0 Å². The molecule has 19 heavy (non-hydrogen) atoms. The molecule has 0 heterocycles. The number of aliphatic hydroxyl groups excluding tert-OH is 2. The van der Waals surface area contributed by atoms with Gasteiger partial charge in [-0.3, -0.25) is 0 Å². The number of rotatable bonds is 6. The van der Waals surface area contributed by atoms with Gasteiger partial charge < -0.3 is 15.1 Å². The summed E-state index contributed by atoms with van der Waals surface area (Å²) in [5.74, 6) is 0.453. The third-order valence-corrected chi connectivity index (χ3v) is 3.57. The summed E-state index contributed by atoms with van der Waals surface area (Å²) in [6.45, 7) is 1.08. The first-order valence-electron chi connectivity index (χ1n) is 6.65. The summed E-state index contributed by atoms with van der Waals surface area (Å²) in [6, 6.07) is 9.01. The zero-order chi connectivity index (χ0) is 13.8. The molecule has 2 unspecified atom stereocenters. The van der Waals surface area contributed by atoms with Crippen LogP contribution in [0.3, 0.4) is 0 Å². The summed E-state index contributed by atoms with van der Waals surface area (Å²) >= 11 is 0. The van der Waals surface area contributed by atoms with Crippen molar-refractivity contribution in [2.45, 2.75) is 25.0 Å². The van der Waals surface area contributed by atoms with Crippen LogP contribution in [0, 0.1) is 17.2 Å². The van der Waals surface area contributed by atoms with E-state index in [1.165, 1.54) is 0 Å². The second kappa shape index (κ2) is 6.16. The predicted octanol–water partition coefficient (Wildman–Crippen LogP) is 1.29. The lowest BCUT2D eigenvalue weighted by molar-refractivity contribution is 0.0733. The molecule has 1 saturated carbocycles. The number of hydrogen-bond donors (Lipinski definition) is 2. The van der Waals surface area contributed by atoms with E-state index in [4.69, 9.17) is 5.26 Å². The van der Waals surface area contributed by atoms with E-state index in [-0.39, 0.29) is 6.10 Å². The van der Waals surface area contributed by atoms with Crippen LogP contribution < -0.4 is 0 Å². The molecule has 1 aliphatic rings. The van der Waals surface area contributed by atoms with Crippen molar-refractivity contribution in [1.29, 1.82) is 5.26 Å². The maximum atomic E-state index is 10.1. The van der Waals surface area contributed by atoms with E-state index in [1.54, 1.807) is 24.3 Å². The van der Waals surface area contributed by atoms with Gasteiger partial charge in [-0.2, -0.15) is 5.26 Å². The standard InChI is InChI=1S/C15H20N2O2/c1-17(10-15(19)13-6-7-13)9-14(18)12-4-2-11(8-16)3-5-12/h2-5,13-15,18-19H,6-7,9-10H2,1H3. The summed E-state index contributed by atoms with van der Waals surface area (Å²) in [5, 5.41) is 28.7. The van der Waals surface area contributed by atoms with E-state index in [1.807, 2.05) is 11.9 Å². The van der Waals surface area contributed by atoms with Gasteiger partial charge in [0.1, 0.15) is 0 Å². The van der Waals surface area contributed by atoms with Crippen molar-refractivity contribution in [3.63, 3.8) is 0 Å². The molecule has 0 radical (unpaired) electrons. The molecule has 0 bridgehead atoms. The van der Waals surface area contributed by atoms with Crippen molar-refractivity contribution in [2.24, 2.45) is 5.92 Å². The van der Waals surface area contributed by atoms with Crippen molar-refractivity contribution >= 4 is 0 Å². The fraction of sp³-hybridized carbons (Fsp3) is 0.533. The second-order valence-electron chi connectivity index (χ2n) is 5.38. The summed E-state index contributed by atoms with van der Waals surface area (Å²) in [4.78, 5) is 1.95. The van der Waals surface area contributed by atoms with Crippen molar-refractivity contribution in [1.82, 2.24) is 4.90 Å². The molecule has 0 spiro atoms. The SMILES string of the molecule is CN(CC(O)c1ccc(C#N)cc1)CC(O)C1CC1. The number of nitrogens with zero attached hydrogens (tertiary/aromatic N) is 2. The fourth-order valence-electron chi connectivity index (χ4n) is 2.20. The van der Waals surface area contributed by atoms with Crippen LogP contribution in [0.4, 0.5) is 0 Å². The first-order chi connectivity index (χ1) is 9.10. The summed E-state index contributed by atoms with van der Waals surface area (Å²) < 4.78 is 0. The van der Waals surface area contributed by atoms with E-state index in [0.29, 0.717) is 24.6 Å². The van der Waals surface area contributed by atoms with Crippen molar-refractivity contribution in [2.75, 3.05) is 20.1 Å². The van der Waals surface area contributed by atoms with Gasteiger partial charge in [0.25, 0.3) is 0 Å². The normalized spacial score (nSPS) is 18.1. The number of benzene rings is 1. The van der Waals surface area contributed by atoms with E-state index < -0.39 is 6.10 Å². The summed E-state index contributed by atoms with van der Waals surface area (Å²) in [7, 11) is 1.90. The molecule has 0 aliphatic heterocycles. The highest BCUT2D eigenvalue weighted by Crippen LogP contribution is 2.32. The lowest BCUT2D eigenvalue weighted by Crippen LogP contribution is -2.33. The van der Waals surface area contributed by atoms with Gasteiger partial charge in [0, 0.05) is 13.1 Å². The Bertz CT molecular complexity index is 448. The Labute approximate surface area is 113 Å². The Kier molecular flexibility index (Phi) is 4.54. The maximum Gasteiger partial charge on any atom is 0.0991 e. The highest BCUT2D eigenvalue weighted by atomic mass is 16.3. The Morgan fingerprint density at radius 2 is 1.89 bits per heavy atom. The minimum Gasteiger partial charge on any atom is -0.392 e. The van der Waals surface area contributed by atoms with Crippen LogP contribution in [0.2, 0.25) is 0 Å². The Balaban J connectivity index is 1.84. The van der Waals surface area contributed by atoms with Crippen LogP contribution in [0.15, 0.2) is 24.3 Å². The van der Waals surface area contributed by atoms with Gasteiger partial charge in [-0.25, -0.2) is 0 Å². The molecule has 4 heteroatoms. The summed E-state index contributed by atoms with van der Waals surface area (Å²) in [5.41, 5.74) is 1.39. The Morgan fingerprint density at radius 1 is 1.26 bits per heavy atom. The smallest absolute Gasteiger partial charge is 0.0991 e. The maximum absolute atomic E-state index is 10.1. The average Bonchev–Trinajstić information content (AvgIpc) is 3.22. The largest absolute Gasteiger partial charge is 0.392 e. The van der Waals surface area contributed by atoms with E-state index >= 15 is 0 Å². The number of likely N-dealkylation sites (N-methyl/N-ethyl adjacent to an activating group) is 1. The Morgan fingerprint density at radius 3 is 2.42 bits per heavy atom. The van der Waals surface area contributed by atoms with Crippen LogP contribution >= 0.6 is 0 Å². The zero-order valence-corrected chi connectivity index (χ0v) is 11.2. The Hall–Kier alpha value is -1.41. The van der Waals surface area contributed by atoms with Gasteiger partial charge >= 0.3 is 0 Å². The zero-order valence-electron chi connectivity index (χ0n) is 11.2. The molecule has 1 fully saturated rings. The molecule has 2 rings (SSSR count). The lowest BCUT2D eigenvalue weighted by atomic mass is 10.1. The quantitative estimate of drug-likeness (QED) is 0.809. The first-order valence-corrected chi connectivity index (χ1v) is 6.65. The minimum atomic E-state index is -0.593. The highest BCUT2D eigenvalue weighted by molar-refractivity contribution is 5.32. The van der Waals surface area contributed by atoms with E-state index in [0.717, 1.165) is 18.4 Å². The van der Waals surface area contributed by atoms with Crippen LogP contribution in [0.5, 0.6) is 0 Å². The molecule has 0 saturated heterocycles. The highest BCUT2D eigenvalue weighted by Gasteiger charge is 2.30. The van der Waals surface area contributed by atoms with Gasteiger partial charge in [-0.15, -0.1) is 0 Å². The van der Waals surface area contributed by atoms with Crippen LogP contribution in [0.1, 0.15) is 30.1 Å². The van der Waals surface area contributed by atoms with Gasteiger partial charge in [-0.1, -0.05) is 12.1 Å². The molecular weight excluding hydrogens is 240 g/mol. The van der Waals surface area contributed by atoms with E-state index in [2.05, 4.69) is 6.07 Å².